The van der Waals surface area contributed by atoms with Gasteiger partial charge in [-0.15, -0.1) is 10.2 Å². The normalized spacial score (nSPS) is 10.8. The molecule has 25 heavy (non-hydrogen) atoms. The van der Waals surface area contributed by atoms with E-state index in [4.69, 9.17) is 4.74 Å². The van der Waals surface area contributed by atoms with Crippen LogP contribution in [0, 0.1) is 0 Å². The van der Waals surface area contributed by atoms with Crippen molar-refractivity contribution in [2.45, 2.75) is 13.1 Å². The Hall–Kier alpha value is -3.00. The van der Waals surface area contributed by atoms with Gasteiger partial charge in [0.05, 0.1) is 13.2 Å². The number of ether oxygens (including phenoxy) is 1. The molecule has 0 unspecified atom stereocenters. The number of aromatic nitrogens is 5. The molecule has 2 heterocycles. The predicted octanol–water partition coefficient (Wildman–Crippen LogP) is 1.25. The van der Waals surface area contributed by atoms with Crippen molar-refractivity contribution in [3.63, 3.8) is 0 Å². The molecular formula is C17H20N6O2. The van der Waals surface area contributed by atoms with E-state index in [-0.39, 0.29) is 5.91 Å². The predicted molar refractivity (Wildman–Crippen MR) is 91.7 cm³/mol. The number of amides is 1. The van der Waals surface area contributed by atoms with Crippen LogP contribution in [0.3, 0.4) is 0 Å². The summed E-state index contributed by atoms with van der Waals surface area (Å²) in [4.78, 5) is 16.8. The SMILES string of the molecule is COCCn1cnnc1CNC(=O)c1cccc(-c2nccn2C)c1. The molecule has 1 amide bonds. The second-order valence-electron chi connectivity index (χ2n) is 5.56. The first-order chi connectivity index (χ1) is 12.2. The number of nitrogens with zero attached hydrogens (tertiary/aromatic N) is 5. The van der Waals surface area contributed by atoms with Crippen LogP contribution in [0.5, 0.6) is 0 Å². The lowest BCUT2D eigenvalue weighted by Crippen LogP contribution is -2.25. The van der Waals surface area contributed by atoms with Gasteiger partial charge >= 0.3 is 0 Å². The fourth-order valence-electron chi connectivity index (χ4n) is 2.50. The highest BCUT2D eigenvalue weighted by atomic mass is 16.5. The second-order valence-corrected chi connectivity index (χ2v) is 5.56. The van der Waals surface area contributed by atoms with Gasteiger partial charge in [0.2, 0.25) is 0 Å². The summed E-state index contributed by atoms with van der Waals surface area (Å²) in [6.45, 7) is 1.50. The Bertz CT molecular complexity index is 854. The van der Waals surface area contributed by atoms with E-state index in [0.717, 1.165) is 11.4 Å². The molecule has 0 spiro atoms. The van der Waals surface area contributed by atoms with Gasteiger partial charge in [0.25, 0.3) is 5.91 Å². The van der Waals surface area contributed by atoms with E-state index in [0.29, 0.717) is 31.1 Å². The summed E-state index contributed by atoms with van der Waals surface area (Å²) in [6, 6.07) is 7.38. The number of hydrogen-bond donors (Lipinski definition) is 1. The van der Waals surface area contributed by atoms with E-state index >= 15 is 0 Å². The molecular weight excluding hydrogens is 320 g/mol. The van der Waals surface area contributed by atoms with Gasteiger partial charge in [-0.3, -0.25) is 4.79 Å². The third-order valence-electron chi connectivity index (χ3n) is 3.84. The fraction of sp³-hybridized carbons (Fsp3) is 0.294. The van der Waals surface area contributed by atoms with Crippen molar-refractivity contribution >= 4 is 5.91 Å². The van der Waals surface area contributed by atoms with Crippen LogP contribution >= 0.6 is 0 Å². The molecule has 0 saturated carbocycles. The third kappa shape index (κ3) is 3.92. The lowest BCUT2D eigenvalue weighted by Gasteiger charge is -2.08. The summed E-state index contributed by atoms with van der Waals surface area (Å²) in [5.41, 5.74) is 1.46. The molecule has 0 aliphatic carbocycles. The Morgan fingerprint density at radius 3 is 3.00 bits per heavy atom. The van der Waals surface area contributed by atoms with Crippen molar-refractivity contribution < 1.29 is 9.53 Å². The van der Waals surface area contributed by atoms with Crippen molar-refractivity contribution in [1.82, 2.24) is 29.6 Å². The third-order valence-corrected chi connectivity index (χ3v) is 3.84. The summed E-state index contributed by atoms with van der Waals surface area (Å²) in [7, 11) is 3.56. The summed E-state index contributed by atoms with van der Waals surface area (Å²) >= 11 is 0. The van der Waals surface area contributed by atoms with Crippen molar-refractivity contribution in [3.05, 3.63) is 54.4 Å². The standard InChI is InChI=1S/C17H20N6O2/c1-22-7-6-18-16(22)13-4-3-5-14(10-13)17(24)19-11-15-21-20-12-23(15)8-9-25-2/h3-7,10,12H,8-9,11H2,1-2H3,(H,19,24). The molecule has 130 valence electrons. The van der Waals surface area contributed by atoms with E-state index in [2.05, 4.69) is 20.5 Å². The molecule has 0 fully saturated rings. The van der Waals surface area contributed by atoms with Gasteiger partial charge in [-0.25, -0.2) is 4.98 Å². The van der Waals surface area contributed by atoms with E-state index in [9.17, 15) is 4.79 Å². The summed E-state index contributed by atoms with van der Waals surface area (Å²) < 4.78 is 8.82. The average Bonchev–Trinajstić information content (AvgIpc) is 3.26. The molecule has 8 heteroatoms. The fourth-order valence-corrected chi connectivity index (χ4v) is 2.50. The monoisotopic (exact) mass is 340 g/mol. The Balaban J connectivity index is 1.68. The molecule has 0 bridgehead atoms. The van der Waals surface area contributed by atoms with Gasteiger partial charge in [-0.05, 0) is 12.1 Å². The molecule has 0 aliphatic rings. The van der Waals surface area contributed by atoms with Crippen molar-refractivity contribution in [1.29, 1.82) is 0 Å². The van der Waals surface area contributed by atoms with Crippen molar-refractivity contribution in [2.75, 3.05) is 13.7 Å². The van der Waals surface area contributed by atoms with Gasteiger partial charge in [0.1, 0.15) is 12.2 Å². The van der Waals surface area contributed by atoms with Crippen molar-refractivity contribution in [3.8, 4) is 11.4 Å². The maximum absolute atomic E-state index is 12.5. The molecule has 1 N–H and O–H groups in total. The summed E-state index contributed by atoms with van der Waals surface area (Å²) in [6.07, 6.45) is 5.23. The van der Waals surface area contributed by atoms with Crippen LogP contribution in [0.4, 0.5) is 0 Å². The molecule has 0 aliphatic heterocycles. The number of rotatable bonds is 7. The van der Waals surface area contributed by atoms with Crippen LogP contribution < -0.4 is 5.32 Å². The number of carbonyl (C=O) groups is 1. The molecule has 2 aromatic heterocycles. The maximum atomic E-state index is 12.5. The number of benzene rings is 1. The summed E-state index contributed by atoms with van der Waals surface area (Å²) in [5.74, 6) is 1.33. The zero-order valence-electron chi connectivity index (χ0n) is 14.2. The smallest absolute Gasteiger partial charge is 0.251 e. The Labute approximate surface area is 145 Å². The molecule has 1 aromatic carbocycles. The minimum atomic E-state index is -0.169. The topological polar surface area (TPSA) is 86.9 Å². The Morgan fingerprint density at radius 2 is 2.24 bits per heavy atom. The van der Waals surface area contributed by atoms with E-state index in [1.807, 2.05) is 40.6 Å². The van der Waals surface area contributed by atoms with Gasteiger partial charge in [-0.2, -0.15) is 0 Å². The number of aryl methyl sites for hydroxylation is 1. The lowest BCUT2D eigenvalue weighted by atomic mass is 10.1. The average molecular weight is 340 g/mol. The van der Waals surface area contributed by atoms with Crippen LogP contribution in [0.2, 0.25) is 0 Å². The summed E-state index contributed by atoms with van der Waals surface area (Å²) in [5, 5.41) is 10.8. The zero-order valence-corrected chi connectivity index (χ0v) is 14.2. The van der Waals surface area contributed by atoms with Crippen LogP contribution in [0.15, 0.2) is 43.0 Å². The van der Waals surface area contributed by atoms with E-state index < -0.39 is 0 Å². The largest absolute Gasteiger partial charge is 0.383 e. The first-order valence-electron chi connectivity index (χ1n) is 7.90. The van der Waals surface area contributed by atoms with E-state index in [1.165, 1.54) is 0 Å². The molecule has 0 atom stereocenters. The molecule has 8 nitrogen and oxygen atoms in total. The Kier molecular flexibility index (Phi) is 5.20. The van der Waals surface area contributed by atoms with Gasteiger partial charge in [-0.1, -0.05) is 12.1 Å². The molecule has 3 aromatic rings. The van der Waals surface area contributed by atoms with Gasteiger partial charge < -0.3 is 19.2 Å². The molecule has 0 radical (unpaired) electrons. The number of nitrogens with one attached hydrogen (secondary N) is 1. The Morgan fingerprint density at radius 1 is 1.36 bits per heavy atom. The maximum Gasteiger partial charge on any atom is 0.251 e. The first-order valence-corrected chi connectivity index (χ1v) is 7.90. The van der Waals surface area contributed by atoms with Gasteiger partial charge in [0, 0.05) is 44.2 Å². The van der Waals surface area contributed by atoms with E-state index in [1.54, 1.807) is 25.7 Å². The minimum absolute atomic E-state index is 0.169. The highest BCUT2D eigenvalue weighted by Crippen LogP contribution is 2.18. The highest BCUT2D eigenvalue weighted by Gasteiger charge is 2.11. The van der Waals surface area contributed by atoms with Gasteiger partial charge in [0.15, 0.2) is 5.82 Å². The van der Waals surface area contributed by atoms with Crippen LogP contribution in [-0.4, -0.2) is 43.9 Å². The number of methoxy groups -OCH3 is 1. The minimum Gasteiger partial charge on any atom is -0.383 e. The first kappa shape index (κ1) is 16.8. The quantitative estimate of drug-likeness (QED) is 0.699. The van der Waals surface area contributed by atoms with Crippen LogP contribution in [0.25, 0.3) is 11.4 Å². The van der Waals surface area contributed by atoms with Crippen LogP contribution in [-0.2, 0) is 24.9 Å². The highest BCUT2D eigenvalue weighted by molar-refractivity contribution is 5.95. The lowest BCUT2D eigenvalue weighted by molar-refractivity contribution is 0.0949. The number of imidazole rings is 1. The second kappa shape index (κ2) is 7.71. The number of carbonyl (C=O) groups excluding carboxylic acids is 1. The molecule has 0 saturated heterocycles. The van der Waals surface area contributed by atoms with Crippen molar-refractivity contribution in [2.24, 2.45) is 7.05 Å². The number of hydrogen-bond acceptors (Lipinski definition) is 5. The molecule has 3 rings (SSSR count). The zero-order chi connectivity index (χ0) is 17.6. The van der Waals surface area contributed by atoms with Crippen LogP contribution in [0.1, 0.15) is 16.2 Å².